The van der Waals surface area contributed by atoms with Gasteiger partial charge in [0.25, 0.3) is 0 Å². The number of aliphatic hydroxyl groups is 1. The Balaban J connectivity index is 5.41. The second-order valence-electron chi connectivity index (χ2n) is 28.1. The topological polar surface area (TPSA) is 237 Å². The summed E-state index contributed by atoms with van der Waals surface area (Å²) in [6, 6.07) is 0. The van der Waals surface area contributed by atoms with Crippen molar-refractivity contribution in [3.05, 3.63) is 85.1 Å². The molecular formula is C85H152O17P2. The molecule has 3 N–H and O–H groups in total. The van der Waals surface area contributed by atoms with E-state index in [4.69, 9.17) is 37.0 Å². The predicted molar refractivity (Wildman–Crippen MR) is 427 cm³/mol. The summed E-state index contributed by atoms with van der Waals surface area (Å²) in [5.74, 6) is -2.25. The lowest BCUT2D eigenvalue weighted by Crippen LogP contribution is -2.30. The number of carbonyl (C=O) groups excluding carboxylic acids is 4. The average Bonchev–Trinajstić information content (AvgIpc) is 0.943. The molecule has 19 heteroatoms. The first-order chi connectivity index (χ1) is 50.7. The number of esters is 4. The summed E-state index contributed by atoms with van der Waals surface area (Å²) in [5, 5.41) is 10.7. The summed E-state index contributed by atoms with van der Waals surface area (Å²) < 4.78 is 68.6. The Kier molecular flexibility index (Phi) is 74.6. The van der Waals surface area contributed by atoms with Crippen molar-refractivity contribution in [2.24, 2.45) is 0 Å². The largest absolute Gasteiger partial charge is 0.472 e. The quantitative estimate of drug-likeness (QED) is 0.0169. The molecular weight excluding hydrogens is 1350 g/mol. The minimum absolute atomic E-state index is 0.0251. The van der Waals surface area contributed by atoms with Gasteiger partial charge in [0.2, 0.25) is 0 Å². The van der Waals surface area contributed by atoms with Gasteiger partial charge in [-0.1, -0.05) is 318 Å². The van der Waals surface area contributed by atoms with Gasteiger partial charge in [-0.15, -0.1) is 0 Å². The Bertz CT molecular complexity index is 2300. The van der Waals surface area contributed by atoms with Crippen LogP contribution in [0.15, 0.2) is 85.1 Å². The average molecular weight is 1510 g/mol. The third kappa shape index (κ3) is 76.4. The zero-order valence-corrected chi connectivity index (χ0v) is 68.0. The van der Waals surface area contributed by atoms with Gasteiger partial charge in [0.05, 0.1) is 26.4 Å². The Morgan fingerprint density at radius 2 is 0.490 bits per heavy atom. The molecule has 0 fully saturated rings. The van der Waals surface area contributed by atoms with Crippen molar-refractivity contribution < 1.29 is 80.2 Å². The van der Waals surface area contributed by atoms with E-state index in [1.54, 1.807) is 0 Å². The molecule has 0 saturated carbocycles. The number of carbonyl (C=O) groups is 4. The van der Waals surface area contributed by atoms with Gasteiger partial charge in [0.1, 0.15) is 19.3 Å². The molecule has 0 aliphatic carbocycles. The normalized spacial score (nSPS) is 14.3. The van der Waals surface area contributed by atoms with Gasteiger partial charge >= 0.3 is 39.5 Å². The van der Waals surface area contributed by atoms with Crippen molar-refractivity contribution in [1.82, 2.24) is 0 Å². The van der Waals surface area contributed by atoms with E-state index < -0.39 is 97.5 Å². The first-order valence-corrected chi connectivity index (χ1v) is 44.8. The van der Waals surface area contributed by atoms with Gasteiger partial charge in [-0.05, 0) is 116 Å². The van der Waals surface area contributed by atoms with Crippen LogP contribution in [-0.2, 0) is 65.4 Å². The highest BCUT2D eigenvalue weighted by Crippen LogP contribution is 2.45. The summed E-state index contributed by atoms with van der Waals surface area (Å²) in [5.41, 5.74) is 0. The molecule has 0 heterocycles. The Hall–Kier alpha value is -3.76. The summed E-state index contributed by atoms with van der Waals surface area (Å²) in [6.45, 7) is 4.80. The number of aliphatic hydroxyl groups excluding tert-OH is 1. The van der Waals surface area contributed by atoms with E-state index in [-0.39, 0.29) is 25.7 Å². The fourth-order valence-corrected chi connectivity index (χ4v) is 13.0. The third-order valence-corrected chi connectivity index (χ3v) is 19.7. The van der Waals surface area contributed by atoms with E-state index in [9.17, 15) is 43.2 Å². The van der Waals surface area contributed by atoms with E-state index in [0.29, 0.717) is 32.1 Å². The molecule has 0 spiro atoms. The second kappa shape index (κ2) is 77.4. The number of rotatable bonds is 79. The molecule has 0 rings (SSSR count). The zero-order valence-electron chi connectivity index (χ0n) is 66.2. The molecule has 104 heavy (non-hydrogen) atoms. The maximum absolute atomic E-state index is 13.1. The number of hydrogen-bond donors (Lipinski definition) is 3. The van der Waals surface area contributed by atoms with Gasteiger partial charge in [-0.2, -0.15) is 0 Å². The van der Waals surface area contributed by atoms with Crippen LogP contribution in [0.4, 0.5) is 0 Å². The number of hydrogen-bond acceptors (Lipinski definition) is 15. The summed E-state index contributed by atoms with van der Waals surface area (Å²) in [7, 11) is -9.98. The number of allylic oxidation sites excluding steroid dienone is 14. The van der Waals surface area contributed by atoms with Crippen LogP contribution in [0.2, 0.25) is 0 Å². The molecule has 0 radical (unpaired) electrons. The van der Waals surface area contributed by atoms with Crippen molar-refractivity contribution in [3.63, 3.8) is 0 Å². The van der Waals surface area contributed by atoms with Crippen LogP contribution in [0.5, 0.6) is 0 Å². The molecule has 0 saturated heterocycles. The predicted octanol–water partition coefficient (Wildman–Crippen LogP) is 24.6. The first-order valence-electron chi connectivity index (χ1n) is 41.8. The van der Waals surface area contributed by atoms with Gasteiger partial charge in [-0.3, -0.25) is 37.3 Å². The smallest absolute Gasteiger partial charge is 0.462 e. The Morgan fingerprint density at radius 3 is 0.817 bits per heavy atom. The maximum Gasteiger partial charge on any atom is 0.472 e. The van der Waals surface area contributed by atoms with Crippen LogP contribution >= 0.6 is 15.6 Å². The molecule has 0 aromatic rings. The number of ether oxygens (including phenoxy) is 4. The van der Waals surface area contributed by atoms with E-state index in [1.165, 1.54) is 154 Å². The standard InChI is InChI=1S/C85H152O17P2/c1-5-9-13-17-21-25-29-33-37-38-39-40-44-48-52-56-60-64-68-72-85(90)102-81(76-96-83(88)70-66-62-58-54-50-46-42-35-31-27-23-19-15-11-7-3)78-100-104(93,94)98-74-79(86)73-97-103(91,92)99-77-80(101-84(89)71-67-63-59-55-51-47-43-36-32-28-24-20-16-12-8-4)75-95-82(87)69-65-61-57-53-49-45-41-34-30-26-22-18-14-10-6-2/h21,25-26,28,30,32-33,37,39-40,48,52,60,64,79-81,86H,5-20,22-24,27,29,31,34-36,38,41-47,49-51,53-59,61-63,65-78H2,1-4H3,(H,91,92)(H,93,94)/b25-21-,30-26-,32-28-,37-33-,40-39-,52-48-,64-60-/t79-,80-,81-/m1/s1. The van der Waals surface area contributed by atoms with Crippen LogP contribution in [0, 0.1) is 0 Å². The summed E-state index contributed by atoms with van der Waals surface area (Å²) in [6.07, 6.45) is 81.3. The lowest BCUT2D eigenvalue weighted by atomic mass is 10.0. The lowest BCUT2D eigenvalue weighted by Gasteiger charge is -2.21. The van der Waals surface area contributed by atoms with Gasteiger partial charge in [-0.25, -0.2) is 9.13 Å². The molecule has 17 nitrogen and oxygen atoms in total. The molecule has 0 aromatic heterocycles. The summed E-state index contributed by atoms with van der Waals surface area (Å²) >= 11 is 0. The van der Waals surface area contributed by atoms with Gasteiger partial charge < -0.3 is 33.8 Å². The van der Waals surface area contributed by atoms with Crippen LogP contribution in [-0.4, -0.2) is 96.7 Å². The minimum atomic E-state index is -4.99. The van der Waals surface area contributed by atoms with E-state index in [1.807, 2.05) is 18.2 Å². The van der Waals surface area contributed by atoms with Crippen LogP contribution in [0.1, 0.15) is 374 Å². The van der Waals surface area contributed by atoms with Crippen LogP contribution in [0.3, 0.4) is 0 Å². The van der Waals surface area contributed by atoms with Crippen molar-refractivity contribution in [3.8, 4) is 0 Å². The van der Waals surface area contributed by atoms with Gasteiger partial charge in [0, 0.05) is 25.7 Å². The maximum atomic E-state index is 13.1. The molecule has 0 aliphatic rings. The highest BCUT2D eigenvalue weighted by molar-refractivity contribution is 7.47. The molecule has 2 unspecified atom stereocenters. The number of unbranched alkanes of at least 4 members (excludes halogenated alkanes) is 39. The van der Waals surface area contributed by atoms with Crippen molar-refractivity contribution in [1.29, 1.82) is 0 Å². The van der Waals surface area contributed by atoms with Crippen LogP contribution < -0.4 is 0 Å². The van der Waals surface area contributed by atoms with Gasteiger partial charge in [0.15, 0.2) is 12.2 Å². The third-order valence-electron chi connectivity index (χ3n) is 17.8. The molecule has 5 atom stereocenters. The second-order valence-corrected chi connectivity index (χ2v) is 31.0. The lowest BCUT2D eigenvalue weighted by molar-refractivity contribution is -0.161. The van der Waals surface area contributed by atoms with Crippen molar-refractivity contribution in [2.75, 3.05) is 39.6 Å². The Morgan fingerprint density at radius 1 is 0.269 bits per heavy atom. The zero-order chi connectivity index (χ0) is 76.0. The fraction of sp³-hybridized carbons (Fsp3) is 0.788. The molecule has 0 amide bonds. The molecule has 604 valence electrons. The fourth-order valence-electron chi connectivity index (χ4n) is 11.4. The molecule has 0 aliphatic heterocycles. The summed E-state index contributed by atoms with van der Waals surface area (Å²) in [4.78, 5) is 73.1. The molecule has 0 aromatic carbocycles. The van der Waals surface area contributed by atoms with Crippen LogP contribution in [0.25, 0.3) is 0 Å². The number of phosphoric acid groups is 2. The van der Waals surface area contributed by atoms with Crippen molar-refractivity contribution in [2.45, 2.75) is 393 Å². The van der Waals surface area contributed by atoms with E-state index >= 15 is 0 Å². The van der Waals surface area contributed by atoms with E-state index in [2.05, 4.69) is 94.5 Å². The first kappa shape index (κ1) is 100. The Labute approximate surface area is 634 Å². The highest BCUT2D eigenvalue weighted by atomic mass is 31.2. The minimum Gasteiger partial charge on any atom is -0.462 e. The highest BCUT2D eigenvalue weighted by Gasteiger charge is 2.30. The number of phosphoric ester groups is 2. The molecule has 0 bridgehead atoms. The SMILES string of the molecule is CCCCC/C=C\C/C=C\C/C=C\C/C=C\C/C=C\CCC(=O)O[C@H](COC(=O)CCCCCCCCCCCCCCCCC)COP(=O)(O)OC[C@H](O)COP(=O)(O)OC[C@@H](COC(=O)CCCCCCCCC/C=C\CCCCCC)OC(=O)CCCCCCCCC/C=C\CCCCCC. The monoisotopic (exact) mass is 1510 g/mol. The van der Waals surface area contributed by atoms with E-state index in [0.717, 1.165) is 135 Å². The van der Waals surface area contributed by atoms with Crippen molar-refractivity contribution >= 4 is 39.5 Å².